The molecule has 5 nitrogen and oxygen atoms in total. The third-order valence-electron chi connectivity index (χ3n) is 4.21. The van der Waals surface area contributed by atoms with E-state index in [-0.39, 0.29) is 6.04 Å². The van der Waals surface area contributed by atoms with Gasteiger partial charge >= 0.3 is 0 Å². The fraction of sp³-hybridized carbons (Fsp3) is 0.474. The summed E-state index contributed by atoms with van der Waals surface area (Å²) in [5, 5.41) is 3.41. The fourth-order valence-electron chi connectivity index (χ4n) is 3.18. The van der Waals surface area contributed by atoms with Crippen LogP contribution in [0.2, 0.25) is 0 Å². The van der Waals surface area contributed by atoms with E-state index in [1.54, 1.807) is 6.26 Å². The van der Waals surface area contributed by atoms with E-state index in [1.165, 1.54) is 5.56 Å². The molecule has 130 valence electrons. The molecular weight excluding hydrogens is 304 g/mol. The van der Waals surface area contributed by atoms with Gasteiger partial charge in [0, 0.05) is 26.2 Å². The molecule has 5 heteroatoms. The van der Waals surface area contributed by atoms with Gasteiger partial charge in [0.05, 0.1) is 25.5 Å². The molecule has 0 saturated carbocycles. The van der Waals surface area contributed by atoms with Gasteiger partial charge in [-0.2, -0.15) is 0 Å². The lowest BCUT2D eigenvalue weighted by Crippen LogP contribution is -2.45. The van der Waals surface area contributed by atoms with E-state index in [4.69, 9.17) is 13.9 Å². The average molecular weight is 330 g/mol. The Kier molecular flexibility index (Phi) is 5.77. The van der Waals surface area contributed by atoms with Gasteiger partial charge in [0.25, 0.3) is 0 Å². The first-order valence-electron chi connectivity index (χ1n) is 8.71. The van der Waals surface area contributed by atoms with Crippen molar-refractivity contribution in [3.63, 3.8) is 0 Å². The zero-order valence-electron chi connectivity index (χ0n) is 14.5. The zero-order chi connectivity index (χ0) is 16.8. The van der Waals surface area contributed by atoms with Crippen LogP contribution in [0.15, 0.2) is 41.0 Å². The molecule has 3 rings (SSSR count). The third kappa shape index (κ3) is 3.74. The molecule has 1 aromatic heterocycles. The van der Waals surface area contributed by atoms with Crippen LogP contribution in [0.3, 0.4) is 0 Å². The van der Waals surface area contributed by atoms with Crippen LogP contribution in [0.1, 0.15) is 31.2 Å². The molecule has 0 aliphatic carbocycles. The lowest BCUT2D eigenvalue weighted by molar-refractivity contribution is 0.179. The molecule has 0 bridgehead atoms. The molecule has 0 radical (unpaired) electrons. The molecule has 0 amide bonds. The summed E-state index contributed by atoms with van der Waals surface area (Å²) in [5.74, 6) is 2.55. The summed E-state index contributed by atoms with van der Waals surface area (Å²) in [5.41, 5.74) is 1.17. The summed E-state index contributed by atoms with van der Waals surface area (Å²) in [6, 6.07) is 10.3. The van der Waals surface area contributed by atoms with Crippen LogP contribution in [-0.4, -0.2) is 44.3 Å². The van der Waals surface area contributed by atoms with Crippen LogP contribution in [0.4, 0.5) is 0 Å². The van der Waals surface area contributed by atoms with Crippen LogP contribution < -0.4 is 14.8 Å². The Balaban J connectivity index is 1.96. The van der Waals surface area contributed by atoms with Gasteiger partial charge in [-0.05, 0) is 43.7 Å². The van der Waals surface area contributed by atoms with Gasteiger partial charge < -0.3 is 19.2 Å². The van der Waals surface area contributed by atoms with Crippen molar-refractivity contribution < 1.29 is 13.9 Å². The van der Waals surface area contributed by atoms with E-state index >= 15 is 0 Å². The van der Waals surface area contributed by atoms with Crippen molar-refractivity contribution in [2.45, 2.75) is 19.9 Å². The van der Waals surface area contributed by atoms with Gasteiger partial charge in [0.1, 0.15) is 5.76 Å². The van der Waals surface area contributed by atoms with Gasteiger partial charge in [-0.1, -0.05) is 6.07 Å². The van der Waals surface area contributed by atoms with Crippen molar-refractivity contribution in [3.8, 4) is 11.5 Å². The summed E-state index contributed by atoms with van der Waals surface area (Å²) in [7, 11) is 0. The van der Waals surface area contributed by atoms with Crippen molar-refractivity contribution in [1.82, 2.24) is 10.2 Å². The Morgan fingerprint density at radius 1 is 1.08 bits per heavy atom. The van der Waals surface area contributed by atoms with Gasteiger partial charge in [0.15, 0.2) is 11.5 Å². The fourth-order valence-corrected chi connectivity index (χ4v) is 3.18. The lowest BCUT2D eigenvalue weighted by Gasteiger charge is -2.34. The standard InChI is InChI=1S/C19H26N2O3/c1-3-22-16-8-7-15(14-18(16)23-4-2)19(17-6-5-13-24-17)21-11-9-20-10-12-21/h5-8,13-14,19-20H,3-4,9-12H2,1-2H3. The molecule has 1 N–H and O–H groups in total. The minimum Gasteiger partial charge on any atom is -0.490 e. The van der Waals surface area contributed by atoms with Crippen LogP contribution in [0.5, 0.6) is 11.5 Å². The van der Waals surface area contributed by atoms with E-state index < -0.39 is 0 Å². The highest BCUT2D eigenvalue weighted by Gasteiger charge is 2.27. The summed E-state index contributed by atoms with van der Waals surface area (Å²) in [6.45, 7) is 9.17. The largest absolute Gasteiger partial charge is 0.490 e. The average Bonchev–Trinajstić information content (AvgIpc) is 3.13. The van der Waals surface area contributed by atoms with Gasteiger partial charge in [0.2, 0.25) is 0 Å². The highest BCUT2D eigenvalue weighted by molar-refractivity contribution is 5.45. The molecule has 1 fully saturated rings. The predicted octanol–water partition coefficient (Wildman–Crippen LogP) is 3.07. The molecule has 24 heavy (non-hydrogen) atoms. The molecule has 1 atom stereocenters. The SMILES string of the molecule is CCOc1ccc(C(c2ccco2)N2CCNCC2)cc1OCC. The molecule has 2 heterocycles. The maximum atomic E-state index is 5.80. The van der Waals surface area contributed by atoms with E-state index in [2.05, 4.69) is 22.3 Å². The zero-order valence-corrected chi connectivity index (χ0v) is 14.5. The lowest BCUT2D eigenvalue weighted by atomic mass is 10.0. The molecule has 1 aliphatic heterocycles. The van der Waals surface area contributed by atoms with Crippen molar-refractivity contribution >= 4 is 0 Å². The summed E-state index contributed by atoms with van der Waals surface area (Å²) in [4.78, 5) is 2.45. The molecule has 0 spiro atoms. The van der Waals surface area contributed by atoms with Crippen molar-refractivity contribution in [1.29, 1.82) is 0 Å². The minimum absolute atomic E-state index is 0.0944. The Hall–Kier alpha value is -1.98. The minimum atomic E-state index is 0.0944. The normalized spacial score (nSPS) is 16.8. The number of hydrogen-bond acceptors (Lipinski definition) is 5. The number of nitrogens with zero attached hydrogens (tertiary/aromatic N) is 1. The smallest absolute Gasteiger partial charge is 0.161 e. The molecule has 1 saturated heterocycles. The number of hydrogen-bond donors (Lipinski definition) is 1. The molecule has 1 aliphatic rings. The van der Waals surface area contributed by atoms with Gasteiger partial charge in [-0.15, -0.1) is 0 Å². The quantitative estimate of drug-likeness (QED) is 0.845. The van der Waals surface area contributed by atoms with E-state index in [9.17, 15) is 0 Å². The Bertz CT molecular complexity index is 622. The predicted molar refractivity (Wildman–Crippen MR) is 93.8 cm³/mol. The summed E-state index contributed by atoms with van der Waals surface area (Å²) >= 11 is 0. The van der Waals surface area contributed by atoms with Gasteiger partial charge in [-0.3, -0.25) is 4.90 Å². The Labute approximate surface area is 143 Å². The first kappa shape index (κ1) is 16.9. The van der Waals surface area contributed by atoms with E-state index in [0.717, 1.165) is 43.4 Å². The number of nitrogens with one attached hydrogen (secondary N) is 1. The second kappa shape index (κ2) is 8.22. The molecule has 1 unspecified atom stereocenters. The first-order chi connectivity index (χ1) is 11.8. The third-order valence-corrected chi connectivity index (χ3v) is 4.21. The molecule has 2 aromatic rings. The van der Waals surface area contributed by atoms with Crippen molar-refractivity contribution in [2.75, 3.05) is 39.4 Å². The number of benzene rings is 1. The highest BCUT2D eigenvalue weighted by atomic mass is 16.5. The van der Waals surface area contributed by atoms with E-state index in [1.807, 2.05) is 32.0 Å². The summed E-state index contributed by atoms with van der Waals surface area (Å²) < 4.78 is 17.2. The highest BCUT2D eigenvalue weighted by Crippen LogP contribution is 2.35. The number of ether oxygens (including phenoxy) is 2. The number of furan rings is 1. The van der Waals surface area contributed by atoms with Gasteiger partial charge in [-0.25, -0.2) is 0 Å². The second-order valence-corrected chi connectivity index (χ2v) is 5.78. The monoisotopic (exact) mass is 330 g/mol. The Morgan fingerprint density at radius 3 is 2.50 bits per heavy atom. The maximum Gasteiger partial charge on any atom is 0.161 e. The van der Waals surface area contributed by atoms with Crippen LogP contribution in [0.25, 0.3) is 0 Å². The number of rotatable bonds is 7. The van der Waals surface area contributed by atoms with Crippen LogP contribution in [-0.2, 0) is 0 Å². The first-order valence-corrected chi connectivity index (χ1v) is 8.71. The van der Waals surface area contributed by atoms with Crippen molar-refractivity contribution in [3.05, 3.63) is 47.9 Å². The van der Waals surface area contributed by atoms with Crippen LogP contribution >= 0.6 is 0 Å². The second-order valence-electron chi connectivity index (χ2n) is 5.78. The van der Waals surface area contributed by atoms with Crippen molar-refractivity contribution in [2.24, 2.45) is 0 Å². The van der Waals surface area contributed by atoms with E-state index in [0.29, 0.717) is 13.2 Å². The maximum absolute atomic E-state index is 5.80. The topological polar surface area (TPSA) is 46.9 Å². The molecular formula is C19H26N2O3. The molecule has 1 aromatic carbocycles. The summed E-state index contributed by atoms with van der Waals surface area (Å²) in [6.07, 6.45) is 1.74. The number of piperazine rings is 1. The Morgan fingerprint density at radius 2 is 1.83 bits per heavy atom. The van der Waals surface area contributed by atoms with Crippen LogP contribution in [0, 0.1) is 0 Å².